The Balaban J connectivity index is 1.44. The fourth-order valence-electron chi connectivity index (χ4n) is 3.05. The Morgan fingerprint density at radius 2 is 2.42 bits per heavy atom. The molecule has 0 spiro atoms. The van der Waals surface area contributed by atoms with Crippen LogP contribution in [0.25, 0.3) is 10.6 Å². The van der Waals surface area contributed by atoms with E-state index in [4.69, 9.17) is 4.42 Å². The Morgan fingerprint density at radius 1 is 1.46 bits per heavy atom. The largest absolute Gasteiger partial charge is 0.472 e. The van der Waals surface area contributed by atoms with Gasteiger partial charge >= 0.3 is 0 Å². The van der Waals surface area contributed by atoms with Gasteiger partial charge < -0.3 is 9.32 Å². The molecule has 0 saturated carbocycles. The molecule has 1 amide bonds. The third-order valence-corrected chi connectivity index (χ3v) is 5.11. The molecule has 1 fully saturated rings. The van der Waals surface area contributed by atoms with Crippen molar-refractivity contribution in [3.63, 3.8) is 0 Å². The van der Waals surface area contributed by atoms with E-state index in [-0.39, 0.29) is 5.91 Å². The fourth-order valence-corrected chi connectivity index (χ4v) is 3.83. The lowest BCUT2D eigenvalue weighted by Crippen LogP contribution is -2.41. The fraction of sp³-hybridized carbons (Fsp3) is 0.375. The summed E-state index contributed by atoms with van der Waals surface area (Å²) in [4.78, 5) is 19.1. The minimum absolute atomic E-state index is 0.00397. The number of piperidine rings is 1. The summed E-state index contributed by atoms with van der Waals surface area (Å²) in [6, 6.07) is 1.85. The van der Waals surface area contributed by atoms with E-state index < -0.39 is 0 Å². The summed E-state index contributed by atoms with van der Waals surface area (Å²) in [5.74, 6) is 0.403. The molecule has 1 aliphatic rings. The highest BCUT2D eigenvalue weighted by molar-refractivity contribution is 7.13. The molecule has 0 bridgehead atoms. The van der Waals surface area contributed by atoms with Crippen molar-refractivity contribution in [2.75, 3.05) is 13.1 Å². The van der Waals surface area contributed by atoms with E-state index in [9.17, 15) is 4.79 Å². The molecule has 3 aromatic heterocycles. The van der Waals surface area contributed by atoms with Gasteiger partial charge in [-0.15, -0.1) is 16.4 Å². The Kier molecular flexibility index (Phi) is 4.12. The number of likely N-dealkylation sites (tertiary alicyclic amines) is 1. The normalized spacial score (nSPS) is 18.0. The van der Waals surface area contributed by atoms with E-state index in [1.807, 2.05) is 27.2 Å². The topological polar surface area (TPSA) is 77.0 Å². The zero-order valence-corrected chi connectivity index (χ0v) is 13.9. The van der Waals surface area contributed by atoms with Crippen molar-refractivity contribution in [1.82, 2.24) is 24.9 Å². The van der Waals surface area contributed by atoms with Crippen molar-refractivity contribution < 1.29 is 9.21 Å². The summed E-state index contributed by atoms with van der Waals surface area (Å²) in [5, 5.41) is 10.5. The molecule has 0 aromatic carbocycles. The highest BCUT2D eigenvalue weighted by Crippen LogP contribution is 2.26. The van der Waals surface area contributed by atoms with Crippen LogP contribution in [0.15, 0.2) is 40.8 Å². The second kappa shape index (κ2) is 6.56. The van der Waals surface area contributed by atoms with Gasteiger partial charge in [0.05, 0.1) is 12.5 Å². The number of carbonyl (C=O) groups excluding carboxylic acids is 1. The van der Waals surface area contributed by atoms with Gasteiger partial charge in [-0.2, -0.15) is 0 Å². The Morgan fingerprint density at radius 3 is 3.21 bits per heavy atom. The van der Waals surface area contributed by atoms with Crippen molar-refractivity contribution in [1.29, 1.82) is 0 Å². The zero-order chi connectivity index (χ0) is 16.4. The molecule has 0 radical (unpaired) electrons. The Hall–Kier alpha value is -2.48. The first-order valence-corrected chi connectivity index (χ1v) is 8.79. The van der Waals surface area contributed by atoms with Crippen molar-refractivity contribution in [3.05, 3.63) is 42.1 Å². The lowest BCUT2D eigenvalue weighted by Gasteiger charge is -2.32. The molecule has 24 heavy (non-hydrogen) atoms. The van der Waals surface area contributed by atoms with E-state index in [1.165, 1.54) is 11.3 Å². The minimum Gasteiger partial charge on any atom is -0.472 e. The van der Waals surface area contributed by atoms with Gasteiger partial charge in [0.25, 0.3) is 5.91 Å². The second-order valence-corrected chi connectivity index (χ2v) is 6.79. The van der Waals surface area contributed by atoms with Crippen LogP contribution in [-0.2, 0) is 6.54 Å². The molecule has 0 aliphatic carbocycles. The van der Waals surface area contributed by atoms with Crippen molar-refractivity contribution in [2.45, 2.75) is 19.4 Å². The van der Waals surface area contributed by atoms with Gasteiger partial charge in [0.1, 0.15) is 17.0 Å². The van der Waals surface area contributed by atoms with Crippen molar-refractivity contribution in [2.24, 2.45) is 5.92 Å². The number of carbonyl (C=O) groups is 1. The van der Waals surface area contributed by atoms with Crippen LogP contribution < -0.4 is 0 Å². The van der Waals surface area contributed by atoms with E-state index in [2.05, 4.69) is 15.3 Å². The van der Waals surface area contributed by atoms with Gasteiger partial charge in [-0.05, 0) is 24.8 Å². The highest BCUT2D eigenvalue weighted by Gasteiger charge is 2.26. The molecule has 3 aromatic rings. The molecule has 124 valence electrons. The van der Waals surface area contributed by atoms with Crippen molar-refractivity contribution in [3.8, 4) is 10.6 Å². The number of aromatic nitrogens is 4. The molecule has 1 unspecified atom stereocenters. The Labute approximate surface area is 142 Å². The van der Waals surface area contributed by atoms with E-state index in [0.717, 1.165) is 43.0 Å². The second-order valence-electron chi connectivity index (χ2n) is 5.93. The molecule has 1 aliphatic heterocycles. The number of furan rings is 1. The number of thiazole rings is 1. The maximum absolute atomic E-state index is 12.7. The van der Waals surface area contributed by atoms with E-state index in [0.29, 0.717) is 11.6 Å². The summed E-state index contributed by atoms with van der Waals surface area (Å²) in [6.45, 7) is 2.31. The molecule has 8 heteroatoms. The zero-order valence-electron chi connectivity index (χ0n) is 13.0. The summed E-state index contributed by atoms with van der Waals surface area (Å²) >= 11 is 1.46. The minimum atomic E-state index is 0.00397. The van der Waals surface area contributed by atoms with Crippen LogP contribution in [0.1, 0.15) is 23.3 Å². The summed E-state index contributed by atoms with van der Waals surface area (Å²) in [7, 11) is 0. The highest BCUT2D eigenvalue weighted by atomic mass is 32.1. The number of hydrogen-bond acceptors (Lipinski definition) is 6. The van der Waals surface area contributed by atoms with Gasteiger partial charge in [-0.3, -0.25) is 9.48 Å². The molecule has 4 heterocycles. The number of hydrogen-bond donors (Lipinski definition) is 0. The van der Waals surface area contributed by atoms with Crippen molar-refractivity contribution >= 4 is 17.2 Å². The SMILES string of the molecule is O=C(c1csc(-c2ccoc2)n1)N1CCCC(Cn2ccnn2)C1. The predicted molar refractivity (Wildman–Crippen MR) is 88.5 cm³/mol. The van der Waals surface area contributed by atoms with Gasteiger partial charge in [0.2, 0.25) is 0 Å². The first-order valence-electron chi connectivity index (χ1n) is 7.91. The maximum atomic E-state index is 12.7. The smallest absolute Gasteiger partial charge is 0.273 e. The van der Waals surface area contributed by atoms with Gasteiger partial charge in [0.15, 0.2) is 0 Å². The van der Waals surface area contributed by atoms with Gasteiger partial charge in [-0.25, -0.2) is 4.98 Å². The lowest BCUT2D eigenvalue weighted by atomic mass is 9.98. The molecular formula is C16H17N5O2S. The van der Waals surface area contributed by atoms with Gasteiger partial charge in [-0.1, -0.05) is 5.21 Å². The number of amides is 1. The average Bonchev–Trinajstić information content (AvgIpc) is 3.35. The monoisotopic (exact) mass is 343 g/mol. The van der Waals surface area contributed by atoms with E-state index >= 15 is 0 Å². The predicted octanol–water partition coefficient (Wildman–Crippen LogP) is 2.55. The first-order chi connectivity index (χ1) is 11.8. The maximum Gasteiger partial charge on any atom is 0.273 e. The molecule has 1 saturated heterocycles. The quantitative estimate of drug-likeness (QED) is 0.727. The van der Waals surface area contributed by atoms with Crippen LogP contribution in [0.2, 0.25) is 0 Å². The Bertz CT molecular complexity index is 796. The van der Waals surface area contributed by atoms with Crippen LogP contribution in [0.4, 0.5) is 0 Å². The summed E-state index contributed by atoms with van der Waals surface area (Å²) in [5.41, 5.74) is 1.42. The van der Waals surface area contributed by atoms with Crippen LogP contribution in [0.3, 0.4) is 0 Å². The van der Waals surface area contributed by atoms with Crippen LogP contribution >= 0.6 is 11.3 Å². The standard InChI is InChI=1S/C16H17N5O2S/c22-16(14-11-24-15(18-14)13-3-7-23-10-13)20-5-1-2-12(8-20)9-21-6-4-17-19-21/h3-4,6-7,10-12H,1-2,5,8-9H2. The molecule has 7 nitrogen and oxygen atoms in total. The average molecular weight is 343 g/mol. The van der Waals surface area contributed by atoms with Crippen LogP contribution in [0.5, 0.6) is 0 Å². The lowest BCUT2D eigenvalue weighted by molar-refractivity contribution is 0.0654. The summed E-state index contributed by atoms with van der Waals surface area (Å²) < 4.78 is 6.91. The van der Waals surface area contributed by atoms with Crippen LogP contribution in [0, 0.1) is 5.92 Å². The number of rotatable bonds is 4. The molecular weight excluding hydrogens is 326 g/mol. The van der Waals surface area contributed by atoms with Gasteiger partial charge in [0, 0.05) is 36.8 Å². The third kappa shape index (κ3) is 3.09. The number of nitrogens with zero attached hydrogens (tertiary/aromatic N) is 5. The summed E-state index contributed by atoms with van der Waals surface area (Å²) in [6.07, 6.45) is 8.89. The molecule has 0 N–H and O–H groups in total. The first kappa shape index (κ1) is 15.1. The molecule has 4 rings (SSSR count). The van der Waals surface area contributed by atoms with Crippen LogP contribution in [-0.4, -0.2) is 43.9 Å². The van der Waals surface area contributed by atoms with E-state index in [1.54, 1.807) is 18.7 Å². The third-order valence-electron chi connectivity index (χ3n) is 4.21. The molecule has 1 atom stereocenters.